The van der Waals surface area contributed by atoms with Gasteiger partial charge in [-0.1, -0.05) is 0 Å². The number of aromatic nitrogens is 4. The van der Waals surface area contributed by atoms with Crippen molar-refractivity contribution >= 4 is 0 Å². The van der Waals surface area contributed by atoms with Gasteiger partial charge in [-0.05, 0) is 13.8 Å². The maximum Gasteiger partial charge on any atom is 0.0946 e. The summed E-state index contributed by atoms with van der Waals surface area (Å²) in [6.45, 7) is 5.13. The molecule has 0 amide bonds. The van der Waals surface area contributed by atoms with Crippen LogP contribution < -0.4 is 5.32 Å². The van der Waals surface area contributed by atoms with Gasteiger partial charge in [0.15, 0.2) is 0 Å². The lowest BCUT2D eigenvalue weighted by molar-refractivity contribution is 0.425. The Morgan fingerprint density at radius 2 is 2.12 bits per heavy atom. The first-order chi connectivity index (χ1) is 8.25. The maximum absolute atomic E-state index is 4.28. The van der Waals surface area contributed by atoms with E-state index < -0.39 is 0 Å². The molecule has 5 nitrogen and oxygen atoms in total. The first kappa shape index (κ1) is 11.7. The molecular weight excluding hydrogens is 214 g/mol. The summed E-state index contributed by atoms with van der Waals surface area (Å²) in [5.41, 5.74) is 0.963. The molecule has 0 fully saturated rings. The van der Waals surface area contributed by atoms with Crippen LogP contribution in [0.5, 0.6) is 0 Å². The normalized spacial score (nSPS) is 14.5. The number of hydrogen-bond donors (Lipinski definition) is 1. The highest BCUT2D eigenvalue weighted by Crippen LogP contribution is 2.08. The summed E-state index contributed by atoms with van der Waals surface area (Å²) in [6, 6.07) is 0.545. The van der Waals surface area contributed by atoms with Gasteiger partial charge in [-0.15, -0.1) is 0 Å². The number of imidazole rings is 1. The van der Waals surface area contributed by atoms with Crippen LogP contribution in [0, 0.1) is 0 Å². The summed E-state index contributed by atoms with van der Waals surface area (Å²) in [4.78, 5) is 12.4. The van der Waals surface area contributed by atoms with Crippen LogP contribution in [-0.2, 0) is 6.54 Å². The molecule has 90 valence electrons. The van der Waals surface area contributed by atoms with Crippen LogP contribution in [0.15, 0.2) is 37.3 Å². The van der Waals surface area contributed by atoms with E-state index in [1.807, 2.05) is 12.5 Å². The number of nitrogens with zero attached hydrogens (tertiary/aromatic N) is 4. The Balaban J connectivity index is 1.88. The van der Waals surface area contributed by atoms with Gasteiger partial charge in [0.2, 0.25) is 0 Å². The Morgan fingerprint density at radius 3 is 2.76 bits per heavy atom. The van der Waals surface area contributed by atoms with Gasteiger partial charge in [-0.3, -0.25) is 9.97 Å². The fourth-order valence-electron chi connectivity index (χ4n) is 1.81. The zero-order chi connectivity index (χ0) is 12.1. The molecule has 2 rings (SSSR count). The van der Waals surface area contributed by atoms with Crippen molar-refractivity contribution in [3.05, 3.63) is 43.0 Å². The topological polar surface area (TPSA) is 55.6 Å². The fraction of sp³-hybridized carbons (Fsp3) is 0.417. The molecule has 2 aromatic rings. The second kappa shape index (κ2) is 5.54. The molecule has 0 aliphatic rings. The molecule has 0 saturated heterocycles. The van der Waals surface area contributed by atoms with Gasteiger partial charge >= 0.3 is 0 Å². The van der Waals surface area contributed by atoms with Crippen LogP contribution in [0.1, 0.15) is 25.6 Å². The Hall–Kier alpha value is -1.75. The van der Waals surface area contributed by atoms with Crippen LogP contribution in [0.2, 0.25) is 0 Å². The van der Waals surface area contributed by atoms with Gasteiger partial charge in [0.1, 0.15) is 0 Å². The molecule has 2 aromatic heterocycles. The van der Waals surface area contributed by atoms with E-state index in [4.69, 9.17) is 0 Å². The third-order valence-corrected chi connectivity index (χ3v) is 2.61. The monoisotopic (exact) mass is 231 g/mol. The predicted molar refractivity (Wildman–Crippen MR) is 65.3 cm³/mol. The zero-order valence-corrected chi connectivity index (χ0v) is 10.1. The SMILES string of the molecule is CC(Cn1ccnc1)NC(C)c1cnccn1. The first-order valence-electron chi connectivity index (χ1n) is 5.73. The third-order valence-electron chi connectivity index (χ3n) is 2.61. The van der Waals surface area contributed by atoms with Gasteiger partial charge in [-0.25, -0.2) is 4.98 Å². The van der Waals surface area contributed by atoms with Gasteiger partial charge < -0.3 is 9.88 Å². The summed E-state index contributed by atoms with van der Waals surface area (Å²) >= 11 is 0. The molecule has 2 atom stereocenters. The molecular formula is C12H17N5. The molecule has 0 saturated carbocycles. The summed E-state index contributed by atoms with van der Waals surface area (Å²) in [5.74, 6) is 0. The molecule has 0 bridgehead atoms. The smallest absolute Gasteiger partial charge is 0.0946 e. The Morgan fingerprint density at radius 1 is 1.24 bits per heavy atom. The Labute approximate surface area is 101 Å². The summed E-state index contributed by atoms with van der Waals surface area (Å²) in [5, 5.41) is 3.48. The van der Waals surface area contributed by atoms with Crippen molar-refractivity contribution in [3.8, 4) is 0 Å². The van der Waals surface area contributed by atoms with Crippen molar-refractivity contribution in [1.82, 2.24) is 24.8 Å². The van der Waals surface area contributed by atoms with E-state index >= 15 is 0 Å². The van der Waals surface area contributed by atoms with Crippen molar-refractivity contribution in [2.24, 2.45) is 0 Å². The van der Waals surface area contributed by atoms with Gasteiger partial charge in [0, 0.05) is 49.6 Å². The molecule has 0 aliphatic carbocycles. The first-order valence-corrected chi connectivity index (χ1v) is 5.73. The van der Waals surface area contributed by atoms with E-state index in [0.717, 1.165) is 12.2 Å². The van der Waals surface area contributed by atoms with Crippen molar-refractivity contribution in [3.63, 3.8) is 0 Å². The zero-order valence-electron chi connectivity index (χ0n) is 10.1. The van der Waals surface area contributed by atoms with Crippen molar-refractivity contribution in [2.45, 2.75) is 32.5 Å². The van der Waals surface area contributed by atoms with E-state index in [-0.39, 0.29) is 6.04 Å². The minimum Gasteiger partial charge on any atom is -0.336 e. The van der Waals surface area contributed by atoms with Gasteiger partial charge in [-0.2, -0.15) is 0 Å². The minimum absolute atomic E-state index is 0.197. The summed E-state index contributed by atoms with van der Waals surface area (Å²) in [7, 11) is 0. The average Bonchev–Trinajstić information content (AvgIpc) is 2.82. The number of nitrogens with one attached hydrogen (secondary N) is 1. The third kappa shape index (κ3) is 3.35. The molecule has 0 aliphatic heterocycles. The maximum atomic E-state index is 4.28. The van der Waals surface area contributed by atoms with Crippen LogP contribution in [0.3, 0.4) is 0 Å². The Bertz CT molecular complexity index is 425. The van der Waals surface area contributed by atoms with E-state index in [0.29, 0.717) is 6.04 Å². The van der Waals surface area contributed by atoms with Crippen molar-refractivity contribution < 1.29 is 0 Å². The highest BCUT2D eigenvalue weighted by molar-refractivity contribution is 5.00. The van der Waals surface area contributed by atoms with Crippen LogP contribution in [0.25, 0.3) is 0 Å². The van der Waals surface area contributed by atoms with Gasteiger partial charge in [0.25, 0.3) is 0 Å². The fourth-order valence-corrected chi connectivity index (χ4v) is 1.81. The standard InChI is InChI=1S/C12H17N5/c1-10(8-17-6-5-14-9-17)16-11(2)12-7-13-3-4-15-12/h3-7,9-11,16H,8H2,1-2H3. The second-order valence-electron chi connectivity index (χ2n) is 4.18. The van der Waals surface area contributed by atoms with Gasteiger partial charge in [0.05, 0.1) is 12.0 Å². The lowest BCUT2D eigenvalue weighted by atomic mass is 10.2. The lowest BCUT2D eigenvalue weighted by Crippen LogP contribution is -2.32. The average molecular weight is 231 g/mol. The molecule has 17 heavy (non-hydrogen) atoms. The van der Waals surface area contributed by atoms with E-state index in [2.05, 4.69) is 38.7 Å². The number of hydrogen-bond acceptors (Lipinski definition) is 4. The molecule has 5 heteroatoms. The van der Waals surface area contributed by atoms with Crippen molar-refractivity contribution in [2.75, 3.05) is 0 Å². The largest absolute Gasteiger partial charge is 0.336 e. The molecule has 0 radical (unpaired) electrons. The second-order valence-corrected chi connectivity index (χ2v) is 4.18. The molecule has 0 spiro atoms. The highest BCUT2D eigenvalue weighted by Gasteiger charge is 2.10. The Kier molecular flexibility index (Phi) is 3.82. The van der Waals surface area contributed by atoms with E-state index in [1.165, 1.54) is 0 Å². The van der Waals surface area contributed by atoms with E-state index in [1.54, 1.807) is 24.8 Å². The molecule has 0 aromatic carbocycles. The van der Waals surface area contributed by atoms with Crippen molar-refractivity contribution in [1.29, 1.82) is 0 Å². The number of rotatable bonds is 5. The molecule has 2 unspecified atom stereocenters. The molecule has 2 heterocycles. The van der Waals surface area contributed by atoms with Crippen LogP contribution in [-0.4, -0.2) is 25.6 Å². The summed E-state index contributed by atoms with van der Waals surface area (Å²) < 4.78 is 2.06. The van der Waals surface area contributed by atoms with Crippen LogP contribution >= 0.6 is 0 Å². The minimum atomic E-state index is 0.197. The quantitative estimate of drug-likeness (QED) is 0.845. The lowest BCUT2D eigenvalue weighted by Gasteiger charge is -2.19. The molecule has 1 N–H and O–H groups in total. The van der Waals surface area contributed by atoms with E-state index in [9.17, 15) is 0 Å². The highest BCUT2D eigenvalue weighted by atomic mass is 15.1. The predicted octanol–water partition coefficient (Wildman–Crippen LogP) is 1.41. The van der Waals surface area contributed by atoms with Crippen LogP contribution in [0.4, 0.5) is 0 Å². The summed E-state index contributed by atoms with van der Waals surface area (Å²) in [6.07, 6.45) is 10.8.